The number of fused-ring (bicyclic) bond motifs is 1. The van der Waals surface area contributed by atoms with Crippen LogP contribution in [0.15, 0.2) is 6.07 Å². The molecule has 1 aromatic rings. The van der Waals surface area contributed by atoms with Crippen LogP contribution in [-0.4, -0.2) is 62.1 Å². The van der Waals surface area contributed by atoms with Crippen molar-refractivity contribution in [2.24, 2.45) is 11.3 Å². The molecule has 0 radical (unpaired) electrons. The van der Waals surface area contributed by atoms with E-state index < -0.39 is 0 Å². The summed E-state index contributed by atoms with van der Waals surface area (Å²) in [5.41, 5.74) is 1.76. The third kappa shape index (κ3) is 4.63. The molecular weight excluding hydrogens is 332 g/mol. The zero-order valence-electron chi connectivity index (χ0n) is 16.1. The van der Waals surface area contributed by atoms with Gasteiger partial charge in [0.2, 0.25) is 0 Å². The second-order valence-corrected chi connectivity index (χ2v) is 9.68. The maximum absolute atomic E-state index is 12.8. The number of likely N-dealkylation sites (N-methyl/N-ethyl adjacent to an activating group) is 1. The Hall–Kier alpha value is -0.910. The van der Waals surface area contributed by atoms with Gasteiger partial charge < -0.3 is 9.64 Å². The fourth-order valence-corrected chi connectivity index (χ4v) is 4.98. The van der Waals surface area contributed by atoms with Crippen molar-refractivity contribution in [1.29, 1.82) is 0 Å². The van der Waals surface area contributed by atoms with Crippen molar-refractivity contribution in [3.8, 4) is 0 Å². The van der Waals surface area contributed by atoms with Crippen LogP contribution in [0.25, 0.3) is 0 Å². The summed E-state index contributed by atoms with van der Waals surface area (Å²) in [5, 5.41) is 0. The minimum absolute atomic E-state index is 0.181. The molecule has 0 spiro atoms. The molecule has 1 aromatic heterocycles. The largest absolute Gasteiger partial charge is 0.379 e. The molecule has 4 nitrogen and oxygen atoms in total. The highest BCUT2D eigenvalue weighted by atomic mass is 32.1. The van der Waals surface area contributed by atoms with E-state index in [4.69, 9.17) is 4.74 Å². The van der Waals surface area contributed by atoms with Crippen LogP contribution < -0.4 is 0 Å². The van der Waals surface area contributed by atoms with E-state index in [1.54, 1.807) is 11.3 Å². The Labute approximate surface area is 156 Å². The first-order chi connectivity index (χ1) is 11.8. The first-order valence-corrected chi connectivity index (χ1v) is 10.3. The molecule has 1 saturated heterocycles. The number of ether oxygens (including phenoxy) is 1. The molecular formula is C20H32N2O2S. The molecule has 0 bridgehead atoms. The number of carbonyl (C=O) groups is 1. The summed E-state index contributed by atoms with van der Waals surface area (Å²) in [6, 6.07) is 2.17. The van der Waals surface area contributed by atoms with E-state index in [0.717, 1.165) is 63.0 Å². The monoisotopic (exact) mass is 364 g/mol. The van der Waals surface area contributed by atoms with Crippen molar-refractivity contribution in [3.63, 3.8) is 0 Å². The van der Waals surface area contributed by atoms with Crippen molar-refractivity contribution in [2.45, 2.75) is 40.0 Å². The average molecular weight is 365 g/mol. The van der Waals surface area contributed by atoms with Crippen molar-refractivity contribution < 1.29 is 9.53 Å². The van der Waals surface area contributed by atoms with Gasteiger partial charge in [-0.3, -0.25) is 9.69 Å². The van der Waals surface area contributed by atoms with Crippen molar-refractivity contribution >= 4 is 17.2 Å². The number of nitrogens with zero attached hydrogens (tertiary/aromatic N) is 2. The topological polar surface area (TPSA) is 32.8 Å². The Balaban J connectivity index is 1.58. The zero-order valence-corrected chi connectivity index (χ0v) is 17.0. The lowest BCUT2D eigenvalue weighted by Crippen LogP contribution is -2.41. The van der Waals surface area contributed by atoms with E-state index in [0.29, 0.717) is 5.41 Å². The highest BCUT2D eigenvalue weighted by Crippen LogP contribution is 2.40. The van der Waals surface area contributed by atoms with Crippen LogP contribution in [0.5, 0.6) is 0 Å². The van der Waals surface area contributed by atoms with Gasteiger partial charge in [-0.05, 0) is 42.2 Å². The highest BCUT2D eigenvalue weighted by molar-refractivity contribution is 7.14. The van der Waals surface area contributed by atoms with Gasteiger partial charge in [-0.1, -0.05) is 20.8 Å². The maximum atomic E-state index is 12.8. The number of hydrogen-bond donors (Lipinski definition) is 0. The summed E-state index contributed by atoms with van der Waals surface area (Å²) in [5.74, 6) is 0.900. The summed E-state index contributed by atoms with van der Waals surface area (Å²) in [7, 11) is 1.93. The molecule has 25 heavy (non-hydrogen) atoms. The lowest BCUT2D eigenvalue weighted by molar-refractivity contribution is 0.0339. The number of carbonyl (C=O) groups excluding carboxylic acids is 1. The molecule has 5 heteroatoms. The standard InChI is InChI=1S/C20H32N2O2S/c1-20(2,3)16-5-6-17-15(13-16)14-18(25-17)19(23)21(4)7-8-22-9-11-24-12-10-22/h14,16H,5-13H2,1-4H3/t16-/m1/s1. The van der Waals surface area contributed by atoms with Gasteiger partial charge in [-0.15, -0.1) is 11.3 Å². The van der Waals surface area contributed by atoms with Gasteiger partial charge in [0, 0.05) is 38.1 Å². The van der Waals surface area contributed by atoms with Crippen LogP contribution in [0.3, 0.4) is 0 Å². The lowest BCUT2D eigenvalue weighted by atomic mass is 9.72. The third-order valence-electron chi connectivity index (χ3n) is 5.72. The molecule has 140 valence electrons. The molecule has 2 aliphatic rings. The van der Waals surface area contributed by atoms with Gasteiger partial charge in [-0.25, -0.2) is 0 Å². The quantitative estimate of drug-likeness (QED) is 0.822. The first-order valence-electron chi connectivity index (χ1n) is 9.52. The molecule has 1 aliphatic heterocycles. The Morgan fingerprint density at radius 1 is 1.36 bits per heavy atom. The lowest BCUT2D eigenvalue weighted by Gasteiger charge is -2.33. The van der Waals surface area contributed by atoms with Crippen molar-refractivity contribution in [1.82, 2.24) is 9.80 Å². The van der Waals surface area contributed by atoms with Gasteiger partial charge in [0.25, 0.3) is 5.91 Å². The summed E-state index contributed by atoms with van der Waals surface area (Å²) in [6.45, 7) is 12.3. The molecule has 0 unspecified atom stereocenters. The Morgan fingerprint density at radius 3 is 2.76 bits per heavy atom. The summed E-state index contributed by atoms with van der Waals surface area (Å²) < 4.78 is 5.38. The second-order valence-electron chi connectivity index (χ2n) is 8.55. The average Bonchev–Trinajstić information content (AvgIpc) is 3.02. The number of aryl methyl sites for hydroxylation is 1. The fraction of sp³-hybridized carbons (Fsp3) is 0.750. The molecule has 0 saturated carbocycles. The van der Waals surface area contributed by atoms with Gasteiger partial charge in [0.15, 0.2) is 0 Å². The van der Waals surface area contributed by atoms with Gasteiger partial charge >= 0.3 is 0 Å². The summed E-state index contributed by atoms with van der Waals surface area (Å²) in [6.07, 6.45) is 3.50. The van der Waals surface area contributed by atoms with Gasteiger partial charge in [0.1, 0.15) is 0 Å². The molecule has 1 aliphatic carbocycles. The van der Waals surface area contributed by atoms with E-state index >= 15 is 0 Å². The first kappa shape index (κ1) is 18.9. The maximum Gasteiger partial charge on any atom is 0.263 e. The van der Waals surface area contributed by atoms with E-state index in [2.05, 4.69) is 31.7 Å². The second kappa shape index (κ2) is 7.77. The van der Waals surface area contributed by atoms with Crippen LogP contribution in [0.1, 0.15) is 47.3 Å². The number of morpholine rings is 1. The van der Waals surface area contributed by atoms with E-state index in [1.165, 1.54) is 16.9 Å². The van der Waals surface area contributed by atoms with Gasteiger partial charge in [0.05, 0.1) is 18.1 Å². The number of hydrogen-bond acceptors (Lipinski definition) is 4. The SMILES string of the molecule is CN(CCN1CCOCC1)C(=O)c1cc2c(s1)CC[C@@H](C(C)(C)C)C2. The number of rotatable bonds is 4. The molecule has 1 amide bonds. The minimum Gasteiger partial charge on any atom is -0.379 e. The Morgan fingerprint density at radius 2 is 2.08 bits per heavy atom. The van der Waals surface area contributed by atoms with Crippen molar-refractivity contribution in [3.05, 3.63) is 21.4 Å². The number of thiophene rings is 1. The van der Waals surface area contributed by atoms with Crippen LogP contribution >= 0.6 is 11.3 Å². The Kier molecular flexibility index (Phi) is 5.86. The van der Waals surface area contributed by atoms with E-state index in [-0.39, 0.29) is 5.91 Å². The normalized spacial score (nSPS) is 21.8. The number of amides is 1. The zero-order chi connectivity index (χ0) is 18.0. The van der Waals surface area contributed by atoms with Crippen molar-refractivity contribution in [2.75, 3.05) is 46.4 Å². The van der Waals surface area contributed by atoms with E-state index in [1.807, 2.05) is 11.9 Å². The smallest absolute Gasteiger partial charge is 0.263 e. The third-order valence-corrected chi connectivity index (χ3v) is 6.95. The van der Waals surface area contributed by atoms with E-state index in [9.17, 15) is 4.79 Å². The molecule has 1 atom stereocenters. The predicted molar refractivity (Wildman–Crippen MR) is 104 cm³/mol. The van der Waals surface area contributed by atoms with Crippen LogP contribution in [0.4, 0.5) is 0 Å². The summed E-state index contributed by atoms with van der Waals surface area (Å²) in [4.78, 5) is 19.4. The highest BCUT2D eigenvalue weighted by Gasteiger charge is 2.30. The molecule has 1 fully saturated rings. The molecule has 0 aromatic carbocycles. The molecule has 0 N–H and O–H groups in total. The van der Waals surface area contributed by atoms with Gasteiger partial charge in [-0.2, -0.15) is 0 Å². The minimum atomic E-state index is 0.181. The predicted octanol–water partition coefficient (Wildman–Crippen LogP) is 3.30. The van der Waals surface area contributed by atoms with Crippen LogP contribution in [0.2, 0.25) is 0 Å². The molecule has 3 rings (SSSR count). The fourth-order valence-electron chi connectivity index (χ4n) is 3.77. The van der Waals surface area contributed by atoms with Crippen LogP contribution in [0, 0.1) is 11.3 Å². The summed E-state index contributed by atoms with van der Waals surface area (Å²) >= 11 is 1.72. The van der Waals surface area contributed by atoms with Crippen LogP contribution in [-0.2, 0) is 17.6 Å². The Bertz CT molecular complexity index is 599. The molecule has 2 heterocycles.